The Bertz CT molecular complexity index is 1100. The number of nitrogens with two attached hydrogens (primary N) is 1. The van der Waals surface area contributed by atoms with E-state index in [-0.39, 0.29) is 16.5 Å². The minimum Gasteiger partial charge on any atom is -0.452 e. The van der Waals surface area contributed by atoms with E-state index in [1.807, 2.05) is 6.92 Å². The van der Waals surface area contributed by atoms with Crippen LogP contribution in [0.5, 0.6) is 0 Å². The summed E-state index contributed by atoms with van der Waals surface area (Å²) in [6.45, 7) is 1.41. The van der Waals surface area contributed by atoms with Crippen molar-refractivity contribution in [1.82, 2.24) is 4.98 Å². The molecule has 1 aromatic heterocycles. The highest BCUT2D eigenvalue weighted by Gasteiger charge is 2.32. The summed E-state index contributed by atoms with van der Waals surface area (Å²) >= 11 is 0. The fraction of sp³-hybridized carbons (Fsp3) is 0.350. The van der Waals surface area contributed by atoms with Gasteiger partial charge >= 0.3 is 5.97 Å². The molecule has 4 rings (SSSR count). The van der Waals surface area contributed by atoms with Crippen molar-refractivity contribution in [2.24, 2.45) is 5.14 Å². The molecule has 1 aliphatic carbocycles. The van der Waals surface area contributed by atoms with Gasteiger partial charge in [0.1, 0.15) is 5.82 Å². The van der Waals surface area contributed by atoms with Crippen molar-refractivity contribution in [3.63, 3.8) is 0 Å². The number of benzene rings is 1. The first kappa shape index (κ1) is 20.3. The summed E-state index contributed by atoms with van der Waals surface area (Å²) < 4.78 is 28.3. The maximum atomic E-state index is 12.7. The first-order valence-corrected chi connectivity index (χ1v) is 11.1. The van der Waals surface area contributed by atoms with Crippen LogP contribution in [0.1, 0.15) is 35.7 Å². The monoisotopic (exact) mass is 430 g/mol. The minimum absolute atomic E-state index is 0.00120. The van der Waals surface area contributed by atoms with E-state index in [1.165, 1.54) is 23.2 Å². The third kappa shape index (κ3) is 4.29. The highest BCUT2D eigenvalue weighted by Crippen LogP contribution is 2.33. The van der Waals surface area contributed by atoms with E-state index in [1.54, 1.807) is 18.2 Å². The second-order valence-electron chi connectivity index (χ2n) is 7.58. The summed E-state index contributed by atoms with van der Waals surface area (Å²) in [5.41, 5.74) is 1.56. The molecule has 1 unspecified atom stereocenters. The number of anilines is 2. The molecule has 30 heavy (non-hydrogen) atoms. The van der Waals surface area contributed by atoms with Gasteiger partial charge in [0.15, 0.2) is 6.61 Å². The fourth-order valence-electron chi connectivity index (χ4n) is 3.48. The van der Waals surface area contributed by atoms with Crippen LogP contribution in [0.2, 0.25) is 0 Å². The average Bonchev–Trinajstić information content (AvgIpc) is 3.44. The fourth-order valence-corrected chi connectivity index (χ4v) is 4.05. The highest BCUT2D eigenvalue weighted by molar-refractivity contribution is 7.89. The summed E-state index contributed by atoms with van der Waals surface area (Å²) in [5.74, 6) is -0.324. The molecule has 3 N–H and O–H groups in total. The lowest BCUT2D eigenvalue weighted by Gasteiger charge is -2.22. The van der Waals surface area contributed by atoms with E-state index in [2.05, 4.69) is 10.3 Å². The normalized spacial score (nSPS) is 18.1. The van der Waals surface area contributed by atoms with Gasteiger partial charge in [-0.15, -0.1) is 0 Å². The van der Waals surface area contributed by atoms with Crippen LogP contribution in [0.15, 0.2) is 41.4 Å². The predicted octanol–water partition coefficient (Wildman–Crippen LogP) is 1.44. The number of fused-ring (bicyclic) bond motifs is 1. The third-order valence-electron chi connectivity index (χ3n) is 5.12. The maximum Gasteiger partial charge on any atom is 0.340 e. The molecule has 2 heterocycles. The molecule has 2 aromatic rings. The lowest BCUT2D eigenvalue weighted by Crippen LogP contribution is -2.38. The molecular weight excluding hydrogens is 408 g/mol. The van der Waals surface area contributed by atoms with Crippen molar-refractivity contribution in [1.29, 1.82) is 0 Å². The van der Waals surface area contributed by atoms with Crippen LogP contribution < -0.4 is 15.4 Å². The number of hydrogen-bond acceptors (Lipinski definition) is 7. The van der Waals surface area contributed by atoms with E-state index in [0.717, 1.165) is 12.8 Å². The number of hydrogen-bond donors (Lipinski definition) is 2. The molecule has 1 fully saturated rings. The Morgan fingerprint density at radius 2 is 2.03 bits per heavy atom. The number of sulfonamides is 1. The second kappa shape index (κ2) is 7.69. The highest BCUT2D eigenvalue weighted by atomic mass is 32.2. The van der Waals surface area contributed by atoms with E-state index in [9.17, 15) is 18.0 Å². The predicted molar refractivity (Wildman–Crippen MR) is 110 cm³/mol. The van der Waals surface area contributed by atoms with Gasteiger partial charge in [0.2, 0.25) is 10.0 Å². The van der Waals surface area contributed by atoms with Gasteiger partial charge in [-0.1, -0.05) is 0 Å². The van der Waals surface area contributed by atoms with Gasteiger partial charge in [0.25, 0.3) is 5.91 Å². The largest absolute Gasteiger partial charge is 0.452 e. The molecule has 0 radical (unpaired) electrons. The van der Waals surface area contributed by atoms with Crippen LogP contribution in [-0.4, -0.2) is 44.0 Å². The Hall–Kier alpha value is -2.98. The van der Waals surface area contributed by atoms with Gasteiger partial charge in [0, 0.05) is 24.0 Å². The summed E-state index contributed by atoms with van der Waals surface area (Å²) in [7, 11) is -3.82. The van der Waals surface area contributed by atoms with Crippen LogP contribution in [0, 0.1) is 0 Å². The van der Waals surface area contributed by atoms with Crippen LogP contribution in [0.4, 0.5) is 11.5 Å². The van der Waals surface area contributed by atoms with E-state index in [0.29, 0.717) is 29.5 Å². The molecule has 1 aromatic carbocycles. The van der Waals surface area contributed by atoms with Crippen LogP contribution in [0.3, 0.4) is 0 Å². The van der Waals surface area contributed by atoms with Gasteiger partial charge < -0.3 is 15.0 Å². The molecule has 1 saturated carbocycles. The zero-order valence-electron chi connectivity index (χ0n) is 16.4. The molecule has 0 spiro atoms. The number of aromatic nitrogens is 1. The topological polar surface area (TPSA) is 132 Å². The quantitative estimate of drug-likeness (QED) is 0.663. The first-order chi connectivity index (χ1) is 14.2. The number of pyridine rings is 1. The third-order valence-corrected chi connectivity index (χ3v) is 6.03. The molecular formula is C20H22N4O5S. The van der Waals surface area contributed by atoms with Gasteiger partial charge in [-0.05, 0) is 62.1 Å². The summed E-state index contributed by atoms with van der Waals surface area (Å²) in [6, 6.07) is 7.96. The zero-order valence-corrected chi connectivity index (χ0v) is 17.2. The Morgan fingerprint density at radius 3 is 2.67 bits per heavy atom. The molecule has 0 saturated heterocycles. The van der Waals surface area contributed by atoms with Crippen molar-refractivity contribution in [3.8, 4) is 0 Å². The Kier molecular flexibility index (Phi) is 5.20. The number of nitrogens with zero attached hydrogens (tertiary/aromatic N) is 2. The molecule has 1 amide bonds. The maximum absolute atomic E-state index is 12.7. The number of amides is 1. The molecule has 2 aliphatic rings. The van der Waals surface area contributed by atoms with Crippen molar-refractivity contribution in [2.45, 2.75) is 43.2 Å². The number of carbonyl (C=O) groups excluding carboxylic acids is 2. The van der Waals surface area contributed by atoms with Gasteiger partial charge in [-0.2, -0.15) is 0 Å². The Morgan fingerprint density at radius 1 is 1.27 bits per heavy atom. The number of rotatable bonds is 6. The summed E-state index contributed by atoms with van der Waals surface area (Å²) in [4.78, 5) is 30.7. The van der Waals surface area contributed by atoms with Crippen LogP contribution >= 0.6 is 0 Å². The second-order valence-corrected chi connectivity index (χ2v) is 9.14. The van der Waals surface area contributed by atoms with Crippen molar-refractivity contribution < 1.29 is 22.7 Å². The number of primary sulfonamides is 1. The van der Waals surface area contributed by atoms with Gasteiger partial charge in [-0.25, -0.2) is 23.3 Å². The molecule has 9 nitrogen and oxygen atoms in total. The van der Waals surface area contributed by atoms with E-state index >= 15 is 0 Å². The summed E-state index contributed by atoms with van der Waals surface area (Å²) in [6.07, 6.45) is 4.14. The SMILES string of the molecule is CC1Cc2cc(S(N)(=O)=O)ccc2N1C(=O)COC(=O)c1ccc(NC2CC2)nc1. The minimum atomic E-state index is -3.82. The van der Waals surface area contributed by atoms with Gasteiger partial charge in [0.05, 0.1) is 10.5 Å². The molecule has 1 atom stereocenters. The van der Waals surface area contributed by atoms with Gasteiger partial charge in [-0.3, -0.25) is 4.79 Å². The van der Waals surface area contributed by atoms with Crippen LogP contribution in [0.25, 0.3) is 0 Å². The number of ether oxygens (including phenoxy) is 1. The molecule has 1 aliphatic heterocycles. The zero-order chi connectivity index (χ0) is 21.5. The standard InChI is InChI=1S/C20H22N4O5S/c1-12-8-14-9-16(30(21,27)28)5-6-17(14)24(12)19(25)11-29-20(26)13-2-7-18(22-10-13)23-15-3-4-15/h2,5-7,9-10,12,15H,3-4,8,11H2,1H3,(H,22,23)(H2,21,27,28). The summed E-state index contributed by atoms with van der Waals surface area (Å²) in [5, 5.41) is 8.40. The van der Waals surface area contributed by atoms with E-state index in [4.69, 9.17) is 9.88 Å². The lowest BCUT2D eigenvalue weighted by molar-refractivity contribution is -0.122. The Labute approximate surface area is 174 Å². The van der Waals surface area contributed by atoms with E-state index < -0.39 is 28.5 Å². The lowest BCUT2D eigenvalue weighted by atomic mass is 10.1. The van der Waals surface area contributed by atoms with Crippen molar-refractivity contribution in [3.05, 3.63) is 47.7 Å². The van der Waals surface area contributed by atoms with Crippen LogP contribution in [-0.2, 0) is 26.0 Å². The van der Waals surface area contributed by atoms with Crippen molar-refractivity contribution in [2.75, 3.05) is 16.8 Å². The smallest absolute Gasteiger partial charge is 0.340 e. The number of nitrogens with one attached hydrogen (secondary N) is 1. The molecule has 0 bridgehead atoms. The molecule has 158 valence electrons. The first-order valence-electron chi connectivity index (χ1n) is 9.60. The number of carbonyl (C=O) groups is 2. The average molecular weight is 430 g/mol. The molecule has 10 heteroatoms. The Balaban J connectivity index is 1.40. The van der Waals surface area contributed by atoms with Crippen molar-refractivity contribution >= 4 is 33.4 Å². The number of esters is 1.